The Labute approximate surface area is 206 Å². The summed E-state index contributed by atoms with van der Waals surface area (Å²) >= 11 is 2.80. The Balaban J connectivity index is 1.45. The zero-order chi connectivity index (χ0) is 23.8. The third kappa shape index (κ3) is 6.59. The SMILES string of the molecule is COc1ccc2nc(SC(CC(=O)NCc3ccccc3)C(=O)NCc3ccccc3)sc2c1. The molecule has 0 spiro atoms. The van der Waals surface area contributed by atoms with Gasteiger partial charge in [-0.05, 0) is 29.3 Å². The molecule has 4 rings (SSSR count). The van der Waals surface area contributed by atoms with Crippen LogP contribution in [0.15, 0.2) is 83.2 Å². The first kappa shape index (κ1) is 23.8. The predicted octanol–water partition coefficient (Wildman–Crippen LogP) is 4.79. The smallest absolute Gasteiger partial charge is 0.234 e. The van der Waals surface area contributed by atoms with Crippen molar-refractivity contribution in [3.8, 4) is 5.75 Å². The highest BCUT2D eigenvalue weighted by atomic mass is 32.2. The van der Waals surface area contributed by atoms with E-state index in [-0.39, 0.29) is 18.2 Å². The average molecular weight is 492 g/mol. The van der Waals surface area contributed by atoms with E-state index in [9.17, 15) is 9.59 Å². The maximum Gasteiger partial charge on any atom is 0.234 e. The van der Waals surface area contributed by atoms with Crippen LogP contribution < -0.4 is 15.4 Å². The lowest BCUT2D eigenvalue weighted by atomic mass is 10.2. The molecule has 0 saturated heterocycles. The molecule has 0 fully saturated rings. The Morgan fingerprint density at radius 3 is 2.24 bits per heavy atom. The Kier molecular flexibility index (Phi) is 8.17. The summed E-state index contributed by atoms with van der Waals surface area (Å²) < 4.78 is 7.00. The van der Waals surface area contributed by atoms with Crippen LogP contribution >= 0.6 is 23.1 Å². The van der Waals surface area contributed by atoms with Gasteiger partial charge >= 0.3 is 0 Å². The van der Waals surface area contributed by atoms with Crippen molar-refractivity contribution in [1.82, 2.24) is 15.6 Å². The number of nitrogens with one attached hydrogen (secondary N) is 2. The molecule has 3 aromatic carbocycles. The predicted molar refractivity (Wildman–Crippen MR) is 137 cm³/mol. The van der Waals surface area contributed by atoms with Crippen molar-refractivity contribution in [2.75, 3.05) is 7.11 Å². The first-order chi connectivity index (χ1) is 16.6. The number of nitrogens with zero attached hydrogens (tertiary/aromatic N) is 1. The van der Waals surface area contributed by atoms with Crippen molar-refractivity contribution in [2.45, 2.75) is 29.1 Å². The van der Waals surface area contributed by atoms with E-state index >= 15 is 0 Å². The fraction of sp³-hybridized carbons (Fsp3) is 0.192. The van der Waals surface area contributed by atoms with Crippen LogP contribution in [0.3, 0.4) is 0 Å². The van der Waals surface area contributed by atoms with Gasteiger partial charge in [-0.3, -0.25) is 9.59 Å². The molecule has 0 aliphatic heterocycles. The highest BCUT2D eigenvalue weighted by Gasteiger charge is 2.25. The molecule has 6 nitrogen and oxygen atoms in total. The van der Waals surface area contributed by atoms with Gasteiger partial charge in [0.15, 0.2) is 4.34 Å². The number of ether oxygens (including phenoxy) is 1. The first-order valence-corrected chi connectivity index (χ1v) is 12.5. The maximum absolute atomic E-state index is 13.1. The van der Waals surface area contributed by atoms with Gasteiger partial charge < -0.3 is 15.4 Å². The summed E-state index contributed by atoms with van der Waals surface area (Å²) in [6, 6.07) is 25.1. The molecule has 2 N–H and O–H groups in total. The van der Waals surface area contributed by atoms with E-state index in [4.69, 9.17) is 4.74 Å². The zero-order valence-corrected chi connectivity index (χ0v) is 20.3. The van der Waals surface area contributed by atoms with Gasteiger partial charge in [-0.25, -0.2) is 4.98 Å². The van der Waals surface area contributed by atoms with Crippen LogP contribution in [0.2, 0.25) is 0 Å². The number of carbonyl (C=O) groups excluding carboxylic acids is 2. The first-order valence-electron chi connectivity index (χ1n) is 10.8. The molecular formula is C26H25N3O3S2. The summed E-state index contributed by atoms with van der Waals surface area (Å²) in [5.41, 5.74) is 2.85. The van der Waals surface area contributed by atoms with Crippen molar-refractivity contribution in [3.05, 3.63) is 90.0 Å². The third-order valence-corrected chi connectivity index (χ3v) is 7.43. The molecule has 0 bridgehead atoms. The monoisotopic (exact) mass is 491 g/mol. The van der Waals surface area contributed by atoms with Crippen molar-refractivity contribution in [2.24, 2.45) is 0 Å². The van der Waals surface area contributed by atoms with Gasteiger partial charge in [0.1, 0.15) is 5.75 Å². The van der Waals surface area contributed by atoms with Crippen molar-refractivity contribution >= 4 is 45.1 Å². The lowest BCUT2D eigenvalue weighted by molar-refractivity contribution is -0.126. The molecule has 0 aliphatic carbocycles. The van der Waals surface area contributed by atoms with E-state index in [1.54, 1.807) is 7.11 Å². The van der Waals surface area contributed by atoms with Crippen LogP contribution in [0, 0.1) is 0 Å². The van der Waals surface area contributed by atoms with Gasteiger partial charge in [0.25, 0.3) is 0 Å². The quantitative estimate of drug-likeness (QED) is 0.312. The normalized spacial score (nSPS) is 11.7. The fourth-order valence-electron chi connectivity index (χ4n) is 3.31. The number of methoxy groups -OCH3 is 1. The fourth-order valence-corrected chi connectivity index (χ4v) is 5.66. The zero-order valence-electron chi connectivity index (χ0n) is 18.7. The number of aromatic nitrogens is 1. The Morgan fingerprint density at radius 1 is 0.941 bits per heavy atom. The third-order valence-electron chi connectivity index (χ3n) is 5.12. The highest BCUT2D eigenvalue weighted by molar-refractivity contribution is 8.02. The molecule has 174 valence electrons. The molecular weight excluding hydrogens is 466 g/mol. The van der Waals surface area contributed by atoms with Crippen molar-refractivity contribution in [1.29, 1.82) is 0 Å². The van der Waals surface area contributed by atoms with Gasteiger partial charge in [-0.2, -0.15) is 0 Å². The second-order valence-corrected chi connectivity index (χ2v) is 10.1. The number of hydrogen-bond acceptors (Lipinski definition) is 6. The minimum Gasteiger partial charge on any atom is -0.497 e. The number of carbonyl (C=O) groups is 2. The van der Waals surface area contributed by atoms with Crippen LogP contribution in [-0.4, -0.2) is 29.2 Å². The Bertz CT molecular complexity index is 1250. The number of thioether (sulfide) groups is 1. The summed E-state index contributed by atoms with van der Waals surface area (Å²) in [5.74, 6) is 0.379. The number of benzene rings is 3. The summed E-state index contributed by atoms with van der Waals surface area (Å²) in [6.45, 7) is 0.822. The van der Waals surface area contributed by atoms with Crippen LogP contribution in [0.1, 0.15) is 17.5 Å². The van der Waals surface area contributed by atoms with Crippen LogP contribution in [0.5, 0.6) is 5.75 Å². The summed E-state index contributed by atoms with van der Waals surface area (Å²) in [5, 5.41) is 5.28. The van der Waals surface area contributed by atoms with Gasteiger partial charge in [0.2, 0.25) is 11.8 Å². The van der Waals surface area contributed by atoms with E-state index in [0.29, 0.717) is 13.1 Å². The second-order valence-electron chi connectivity index (χ2n) is 7.59. The van der Waals surface area contributed by atoms with E-state index in [1.807, 2.05) is 78.9 Å². The van der Waals surface area contributed by atoms with E-state index in [0.717, 1.165) is 31.4 Å². The standard InChI is InChI=1S/C26H25N3O3S2/c1-32-20-12-13-21-22(14-20)33-26(29-21)34-23(25(31)28-17-19-10-6-3-7-11-19)15-24(30)27-16-18-8-4-2-5-9-18/h2-14,23H,15-17H2,1H3,(H,27,30)(H,28,31). The van der Waals surface area contributed by atoms with Crippen LogP contribution in [0.4, 0.5) is 0 Å². The molecule has 2 amide bonds. The number of hydrogen-bond donors (Lipinski definition) is 2. The number of fused-ring (bicyclic) bond motifs is 1. The average Bonchev–Trinajstić information content (AvgIpc) is 3.28. The summed E-state index contributed by atoms with van der Waals surface area (Å²) in [4.78, 5) is 30.4. The molecule has 0 radical (unpaired) electrons. The Morgan fingerprint density at radius 2 is 1.59 bits per heavy atom. The number of amides is 2. The molecule has 1 aromatic heterocycles. The lowest BCUT2D eigenvalue weighted by Gasteiger charge is -2.15. The van der Waals surface area contributed by atoms with Crippen molar-refractivity contribution in [3.63, 3.8) is 0 Å². The van der Waals surface area contributed by atoms with Gasteiger partial charge in [-0.1, -0.05) is 72.4 Å². The van der Waals surface area contributed by atoms with E-state index in [1.165, 1.54) is 23.1 Å². The number of thiazole rings is 1. The molecule has 8 heteroatoms. The topological polar surface area (TPSA) is 80.3 Å². The van der Waals surface area contributed by atoms with Crippen LogP contribution in [0.25, 0.3) is 10.2 Å². The molecule has 0 aliphatic rings. The number of rotatable bonds is 10. The minimum absolute atomic E-state index is 0.0529. The summed E-state index contributed by atoms with van der Waals surface area (Å²) in [6.07, 6.45) is 0.0529. The minimum atomic E-state index is -0.609. The van der Waals surface area contributed by atoms with Gasteiger partial charge in [-0.15, -0.1) is 11.3 Å². The summed E-state index contributed by atoms with van der Waals surface area (Å²) in [7, 11) is 1.62. The van der Waals surface area contributed by atoms with Crippen LogP contribution in [-0.2, 0) is 22.7 Å². The Hall–Kier alpha value is -3.36. The largest absolute Gasteiger partial charge is 0.497 e. The second kappa shape index (κ2) is 11.7. The van der Waals surface area contributed by atoms with E-state index < -0.39 is 5.25 Å². The van der Waals surface area contributed by atoms with Gasteiger partial charge in [0.05, 0.1) is 22.6 Å². The lowest BCUT2D eigenvalue weighted by Crippen LogP contribution is -2.36. The molecule has 34 heavy (non-hydrogen) atoms. The molecule has 4 aromatic rings. The van der Waals surface area contributed by atoms with Gasteiger partial charge in [0, 0.05) is 19.5 Å². The molecule has 1 heterocycles. The molecule has 1 atom stereocenters. The molecule has 1 unspecified atom stereocenters. The maximum atomic E-state index is 13.1. The van der Waals surface area contributed by atoms with Crippen molar-refractivity contribution < 1.29 is 14.3 Å². The van der Waals surface area contributed by atoms with E-state index in [2.05, 4.69) is 15.6 Å². The highest BCUT2D eigenvalue weighted by Crippen LogP contribution is 2.35. The molecule has 0 saturated carbocycles.